The number of alkyl halides is 3. The maximum atomic E-state index is 13.1. The zero-order valence-electron chi connectivity index (χ0n) is 23.3. The minimum absolute atomic E-state index is 0.117. The molecule has 11 nitrogen and oxygen atoms in total. The van der Waals surface area contributed by atoms with Crippen LogP contribution in [-0.2, 0) is 20.4 Å². The average molecular weight is 608 g/mol. The van der Waals surface area contributed by atoms with Crippen LogP contribution in [0.3, 0.4) is 0 Å². The maximum absolute atomic E-state index is 13.1. The van der Waals surface area contributed by atoms with Crippen LogP contribution < -0.4 is 16.4 Å². The van der Waals surface area contributed by atoms with E-state index in [0.29, 0.717) is 42.9 Å². The molecule has 14 heteroatoms. The summed E-state index contributed by atoms with van der Waals surface area (Å²) in [5.41, 5.74) is 8.37. The fourth-order valence-electron chi connectivity index (χ4n) is 5.32. The number of carbonyl (C=O) groups excluding carboxylic acids is 2. The molecule has 2 atom stereocenters. The van der Waals surface area contributed by atoms with E-state index in [4.69, 9.17) is 20.3 Å². The molecule has 6 rings (SSSR count). The number of pyridine rings is 2. The minimum atomic E-state index is -4.57. The van der Waals surface area contributed by atoms with E-state index in [2.05, 4.69) is 20.6 Å². The molecular formula is C30H28F3N7O4. The standard InChI is InChI=1S/C30H28F3N7O4/c31-30(32,33)20-7-9-35-23(12-20)38-29(42)18-5-3-17(4-6-18)26-25-27-19(14-36-28(25)34)2-1-10-43-11-8-24(41)37-21-13-22(16-44-15-21)40(27)39-26/h1-7,9,12,14,21-22H,8,10-11,13,15-16H2,(H2,34,36)(H,37,41)(H,35,38,42)/t21-,22-/m0/s1. The van der Waals surface area contributed by atoms with Gasteiger partial charge in [-0.15, -0.1) is 0 Å². The van der Waals surface area contributed by atoms with Crippen molar-refractivity contribution in [3.05, 3.63) is 71.6 Å². The Bertz CT molecular complexity index is 1740. The molecule has 2 bridgehead atoms. The predicted octanol–water partition coefficient (Wildman–Crippen LogP) is 4.23. The molecule has 4 aromatic rings. The molecule has 44 heavy (non-hydrogen) atoms. The van der Waals surface area contributed by atoms with Gasteiger partial charge in [0, 0.05) is 35.5 Å². The number of benzene rings is 1. The molecule has 3 aromatic heterocycles. The Hall–Kier alpha value is -4.82. The maximum Gasteiger partial charge on any atom is 0.416 e. The Morgan fingerprint density at radius 1 is 1.11 bits per heavy atom. The molecule has 0 unspecified atom stereocenters. The lowest BCUT2D eigenvalue weighted by atomic mass is 10.0. The normalized spacial score (nSPS) is 19.3. The monoisotopic (exact) mass is 607 g/mol. The lowest BCUT2D eigenvalue weighted by Gasteiger charge is -2.30. The van der Waals surface area contributed by atoms with Crippen LogP contribution in [0, 0.1) is 0 Å². The van der Waals surface area contributed by atoms with Gasteiger partial charge in [0.15, 0.2) is 0 Å². The number of fused-ring (bicyclic) bond motifs is 3. The molecule has 2 amide bonds. The first-order valence-electron chi connectivity index (χ1n) is 13.9. The Kier molecular flexibility index (Phi) is 8.01. The summed E-state index contributed by atoms with van der Waals surface area (Å²) < 4.78 is 52.5. The van der Waals surface area contributed by atoms with Gasteiger partial charge in [-0.25, -0.2) is 9.97 Å². The molecule has 2 aliphatic rings. The van der Waals surface area contributed by atoms with E-state index in [0.717, 1.165) is 29.4 Å². The summed E-state index contributed by atoms with van der Waals surface area (Å²) in [6.07, 6.45) is 2.61. The quantitative estimate of drug-likeness (QED) is 0.314. The highest BCUT2D eigenvalue weighted by atomic mass is 19.4. The predicted molar refractivity (Wildman–Crippen MR) is 155 cm³/mol. The van der Waals surface area contributed by atoms with Crippen LogP contribution in [0.5, 0.6) is 0 Å². The molecule has 2 aliphatic heterocycles. The van der Waals surface area contributed by atoms with Gasteiger partial charge in [0.1, 0.15) is 17.3 Å². The van der Waals surface area contributed by atoms with Gasteiger partial charge in [-0.2, -0.15) is 18.3 Å². The van der Waals surface area contributed by atoms with Crippen molar-refractivity contribution in [2.75, 3.05) is 37.5 Å². The van der Waals surface area contributed by atoms with Crippen molar-refractivity contribution in [3.8, 4) is 11.3 Å². The number of nitrogens with one attached hydrogen (secondary N) is 2. The molecule has 0 saturated carbocycles. The number of hydrogen-bond donors (Lipinski definition) is 3. The minimum Gasteiger partial charge on any atom is -0.383 e. The molecule has 1 saturated heterocycles. The number of amides is 2. The van der Waals surface area contributed by atoms with E-state index in [-0.39, 0.29) is 48.2 Å². The van der Waals surface area contributed by atoms with Gasteiger partial charge < -0.3 is 25.8 Å². The third-order valence-corrected chi connectivity index (χ3v) is 7.41. The van der Waals surface area contributed by atoms with Crippen LogP contribution in [0.1, 0.15) is 40.4 Å². The topological polar surface area (TPSA) is 146 Å². The fraction of sp³-hybridized carbons (Fsp3) is 0.300. The van der Waals surface area contributed by atoms with Crippen LogP contribution in [0.4, 0.5) is 24.8 Å². The first-order valence-corrected chi connectivity index (χ1v) is 13.9. The van der Waals surface area contributed by atoms with Crippen LogP contribution in [0.25, 0.3) is 28.2 Å². The summed E-state index contributed by atoms with van der Waals surface area (Å²) in [6.45, 7) is 1.34. The van der Waals surface area contributed by atoms with E-state index in [1.54, 1.807) is 30.5 Å². The van der Waals surface area contributed by atoms with Crippen LogP contribution in [0.15, 0.2) is 54.9 Å². The van der Waals surface area contributed by atoms with Crippen molar-refractivity contribution >= 4 is 40.4 Å². The lowest BCUT2D eigenvalue weighted by molar-refractivity contribution is -0.137. The highest BCUT2D eigenvalue weighted by Crippen LogP contribution is 2.37. The number of nitrogens with two attached hydrogens (primary N) is 1. The number of nitrogen functional groups attached to an aromatic ring is 1. The summed E-state index contributed by atoms with van der Waals surface area (Å²) in [5, 5.41) is 11.0. The number of hydrogen-bond acceptors (Lipinski definition) is 8. The van der Waals surface area contributed by atoms with Crippen molar-refractivity contribution in [3.63, 3.8) is 0 Å². The second-order valence-corrected chi connectivity index (χ2v) is 10.5. The molecule has 5 heterocycles. The largest absolute Gasteiger partial charge is 0.416 e. The van der Waals surface area contributed by atoms with Gasteiger partial charge in [-0.3, -0.25) is 14.3 Å². The van der Waals surface area contributed by atoms with Crippen LogP contribution in [-0.4, -0.2) is 64.0 Å². The van der Waals surface area contributed by atoms with Gasteiger partial charge >= 0.3 is 6.18 Å². The summed E-state index contributed by atoms with van der Waals surface area (Å²) in [7, 11) is 0. The number of nitrogens with zero attached hydrogens (tertiary/aromatic N) is 4. The highest BCUT2D eigenvalue weighted by molar-refractivity contribution is 6.06. The molecule has 1 aromatic carbocycles. The summed E-state index contributed by atoms with van der Waals surface area (Å²) >= 11 is 0. The van der Waals surface area contributed by atoms with E-state index in [9.17, 15) is 22.8 Å². The first kappa shape index (κ1) is 29.3. The highest BCUT2D eigenvalue weighted by Gasteiger charge is 2.31. The Morgan fingerprint density at radius 2 is 1.93 bits per heavy atom. The third kappa shape index (κ3) is 6.12. The smallest absolute Gasteiger partial charge is 0.383 e. The first-order chi connectivity index (χ1) is 21.2. The molecule has 228 valence electrons. The number of carbonyl (C=O) groups is 2. The van der Waals surface area contributed by atoms with Gasteiger partial charge in [0.2, 0.25) is 5.91 Å². The van der Waals surface area contributed by atoms with Crippen LogP contribution in [0.2, 0.25) is 0 Å². The summed E-state index contributed by atoms with van der Waals surface area (Å²) in [5.74, 6) is -0.703. The van der Waals surface area contributed by atoms with Crippen molar-refractivity contribution in [2.45, 2.75) is 31.1 Å². The van der Waals surface area contributed by atoms with Crippen LogP contribution >= 0.6 is 0 Å². The van der Waals surface area contributed by atoms with Crippen molar-refractivity contribution < 1.29 is 32.2 Å². The molecule has 0 radical (unpaired) electrons. The third-order valence-electron chi connectivity index (χ3n) is 7.41. The SMILES string of the molecule is Nc1ncc2c3c1c(-c1ccc(C(=O)Nc4cc(C(F)(F)F)ccn4)cc1)nn3[C@@H]1COC[C@H](C1)NC(=O)CCOCC=C2. The van der Waals surface area contributed by atoms with E-state index in [1.165, 1.54) is 0 Å². The summed E-state index contributed by atoms with van der Waals surface area (Å²) in [6, 6.07) is 7.61. The zero-order valence-corrected chi connectivity index (χ0v) is 23.3. The van der Waals surface area contributed by atoms with Crippen molar-refractivity contribution in [1.29, 1.82) is 0 Å². The van der Waals surface area contributed by atoms with E-state index < -0.39 is 17.6 Å². The Labute approximate surface area is 249 Å². The van der Waals surface area contributed by atoms with Gasteiger partial charge in [-0.1, -0.05) is 24.3 Å². The molecule has 1 fully saturated rings. The molecule has 4 N–H and O–H groups in total. The number of halogens is 3. The molecule has 0 aliphatic carbocycles. The van der Waals surface area contributed by atoms with Gasteiger partial charge in [-0.05, 0) is 30.7 Å². The second kappa shape index (κ2) is 12.1. The Morgan fingerprint density at radius 3 is 2.73 bits per heavy atom. The van der Waals surface area contributed by atoms with Gasteiger partial charge in [0.05, 0.1) is 55.0 Å². The van der Waals surface area contributed by atoms with E-state index in [1.807, 2.05) is 16.8 Å². The second-order valence-electron chi connectivity index (χ2n) is 10.5. The average Bonchev–Trinajstić information content (AvgIpc) is 3.41. The number of aromatic nitrogens is 4. The number of ether oxygens (including phenoxy) is 2. The molecule has 0 spiro atoms. The zero-order chi connectivity index (χ0) is 30.8. The number of anilines is 2. The van der Waals surface area contributed by atoms with E-state index >= 15 is 0 Å². The Balaban J connectivity index is 1.35. The van der Waals surface area contributed by atoms with Crippen molar-refractivity contribution in [1.82, 2.24) is 25.1 Å². The fourth-order valence-corrected chi connectivity index (χ4v) is 5.32. The van der Waals surface area contributed by atoms with Crippen molar-refractivity contribution in [2.24, 2.45) is 0 Å². The van der Waals surface area contributed by atoms with Gasteiger partial charge in [0.25, 0.3) is 5.91 Å². The summed E-state index contributed by atoms with van der Waals surface area (Å²) in [4.78, 5) is 33.5. The number of rotatable bonds is 3. The lowest BCUT2D eigenvalue weighted by Crippen LogP contribution is -2.44. The molecular weight excluding hydrogens is 579 g/mol.